The monoisotopic (exact) mass is 286 g/mol. The molecule has 0 aliphatic rings. The molecule has 1 atom stereocenters. The summed E-state index contributed by atoms with van der Waals surface area (Å²) in [6, 6.07) is 16.1. The molecule has 0 aliphatic carbocycles. The largest absolute Gasteiger partial charge is 0.497 e. The van der Waals surface area contributed by atoms with Crippen molar-refractivity contribution in [3.8, 4) is 11.5 Å². The Balaban J connectivity index is 2.21. The first kappa shape index (κ1) is 15.2. The smallest absolute Gasteiger partial charge is 0.119 e. The Bertz CT molecular complexity index is 552. The molecular formula is C17H22N2O2. The Morgan fingerprint density at radius 2 is 1.38 bits per heavy atom. The van der Waals surface area contributed by atoms with Crippen LogP contribution in [0.4, 0.5) is 5.69 Å². The number of likely N-dealkylation sites (N-methyl/N-ethyl adjacent to an activating group) is 1. The summed E-state index contributed by atoms with van der Waals surface area (Å²) in [4.78, 5) is 2.17. The molecule has 0 bridgehead atoms. The fourth-order valence-corrected chi connectivity index (χ4v) is 2.34. The molecule has 0 saturated carbocycles. The van der Waals surface area contributed by atoms with Gasteiger partial charge in [0.15, 0.2) is 0 Å². The summed E-state index contributed by atoms with van der Waals surface area (Å²) in [5.41, 5.74) is 8.23. The van der Waals surface area contributed by atoms with E-state index in [0.717, 1.165) is 22.7 Å². The van der Waals surface area contributed by atoms with Crippen molar-refractivity contribution in [2.75, 3.05) is 32.7 Å². The number of nitrogens with two attached hydrogens (primary N) is 1. The number of hydrogen-bond donors (Lipinski definition) is 1. The summed E-state index contributed by atoms with van der Waals surface area (Å²) in [5.74, 6) is 1.70. The van der Waals surface area contributed by atoms with Gasteiger partial charge in [0.25, 0.3) is 0 Å². The van der Waals surface area contributed by atoms with Gasteiger partial charge in [0, 0.05) is 19.3 Å². The summed E-state index contributed by atoms with van der Waals surface area (Å²) in [5, 5.41) is 0. The molecule has 0 saturated heterocycles. The lowest BCUT2D eigenvalue weighted by Gasteiger charge is -2.29. The maximum absolute atomic E-state index is 5.97. The van der Waals surface area contributed by atoms with Crippen molar-refractivity contribution in [3.05, 3.63) is 54.1 Å². The van der Waals surface area contributed by atoms with Crippen LogP contribution in [0.2, 0.25) is 0 Å². The first-order valence-corrected chi connectivity index (χ1v) is 6.90. The van der Waals surface area contributed by atoms with Gasteiger partial charge in [-0.25, -0.2) is 0 Å². The lowest BCUT2D eigenvalue weighted by atomic mass is 10.0. The molecule has 0 fully saturated rings. The van der Waals surface area contributed by atoms with Crippen LogP contribution >= 0.6 is 0 Å². The average Bonchev–Trinajstić information content (AvgIpc) is 2.56. The van der Waals surface area contributed by atoms with Gasteiger partial charge in [0.2, 0.25) is 0 Å². The van der Waals surface area contributed by atoms with E-state index in [0.29, 0.717) is 6.54 Å². The van der Waals surface area contributed by atoms with E-state index in [-0.39, 0.29) is 6.04 Å². The number of nitrogens with zero attached hydrogens (tertiary/aromatic N) is 1. The van der Waals surface area contributed by atoms with E-state index in [1.807, 2.05) is 43.4 Å². The maximum Gasteiger partial charge on any atom is 0.119 e. The predicted octanol–water partition coefficient (Wildman–Crippen LogP) is 2.84. The van der Waals surface area contributed by atoms with Crippen molar-refractivity contribution in [1.82, 2.24) is 0 Å². The van der Waals surface area contributed by atoms with Crippen molar-refractivity contribution in [2.45, 2.75) is 6.04 Å². The highest BCUT2D eigenvalue weighted by Gasteiger charge is 2.16. The highest BCUT2D eigenvalue weighted by atomic mass is 16.5. The summed E-state index contributed by atoms with van der Waals surface area (Å²) < 4.78 is 10.4. The first-order chi connectivity index (χ1) is 10.2. The molecule has 0 aliphatic heterocycles. The van der Waals surface area contributed by atoms with Crippen LogP contribution in [0, 0.1) is 0 Å². The van der Waals surface area contributed by atoms with E-state index in [1.54, 1.807) is 14.2 Å². The van der Waals surface area contributed by atoms with Crippen LogP contribution < -0.4 is 20.1 Å². The molecule has 0 amide bonds. The van der Waals surface area contributed by atoms with Gasteiger partial charge in [-0.3, -0.25) is 0 Å². The van der Waals surface area contributed by atoms with Gasteiger partial charge < -0.3 is 20.1 Å². The minimum Gasteiger partial charge on any atom is -0.497 e. The lowest BCUT2D eigenvalue weighted by molar-refractivity contribution is 0.414. The van der Waals surface area contributed by atoms with E-state index >= 15 is 0 Å². The van der Waals surface area contributed by atoms with Gasteiger partial charge in [-0.15, -0.1) is 0 Å². The standard InChI is InChI=1S/C17H22N2O2/c1-19(14-6-10-16(21-3)11-7-14)17(12-18)13-4-8-15(20-2)9-5-13/h4-11,17H,12,18H2,1-3H3. The number of methoxy groups -OCH3 is 2. The van der Waals surface area contributed by atoms with Crippen molar-refractivity contribution < 1.29 is 9.47 Å². The number of ether oxygens (including phenoxy) is 2. The summed E-state index contributed by atoms with van der Waals surface area (Å²) in [6.45, 7) is 0.537. The maximum atomic E-state index is 5.97. The van der Waals surface area contributed by atoms with Crippen LogP contribution in [0.25, 0.3) is 0 Å². The third-order valence-corrected chi connectivity index (χ3v) is 3.67. The minimum absolute atomic E-state index is 0.115. The first-order valence-electron chi connectivity index (χ1n) is 6.90. The molecular weight excluding hydrogens is 264 g/mol. The molecule has 0 aromatic heterocycles. The number of rotatable bonds is 6. The van der Waals surface area contributed by atoms with Gasteiger partial charge in [-0.2, -0.15) is 0 Å². The Morgan fingerprint density at radius 3 is 1.81 bits per heavy atom. The Morgan fingerprint density at radius 1 is 0.905 bits per heavy atom. The second-order valence-corrected chi connectivity index (χ2v) is 4.83. The van der Waals surface area contributed by atoms with E-state index in [2.05, 4.69) is 17.0 Å². The number of benzene rings is 2. The third-order valence-electron chi connectivity index (χ3n) is 3.67. The summed E-state index contributed by atoms with van der Waals surface area (Å²) >= 11 is 0. The van der Waals surface area contributed by atoms with Crippen molar-refractivity contribution in [3.63, 3.8) is 0 Å². The van der Waals surface area contributed by atoms with Crippen molar-refractivity contribution in [1.29, 1.82) is 0 Å². The second-order valence-electron chi connectivity index (χ2n) is 4.83. The Kier molecular flexibility index (Phi) is 5.06. The second kappa shape index (κ2) is 6.99. The highest BCUT2D eigenvalue weighted by molar-refractivity contribution is 5.51. The Labute approximate surface area is 126 Å². The van der Waals surface area contributed by atoms with Crippen LogP contribution in [0.1, 0.15) is 11.6 Å². The quantitative estimate of drug-likeness (QED) is 0.887. The molecule has 2 N–H and O–H groups in total. The fraction of sp³-hybridized carbons (Fsp3) is 0.294. The molecule has 21 heavy (non-hydrogen) atoms. The number of anilines is 1. The van der Waals surface area contributed by atoms with Gasteiger partial charge in [0.05, 0.1) is 20.3 Å². The molecule has 0 heterocycles. The van der Waals surface area contributed by atoms with E-state index in [4.69, 9.17) is 15.2 Å². The predicted molar refractivity (Wildman–Crippen MR) is 86.2 cm³/mol. The molecule has 0 spiro atoms. The molecule has 0 radical (unpaired) electrons. The number of hydrogen-bond acceptors (Lipinski definition) is 4. The molecule has 4 nitrogen and oxygen atoms in total. The summed E-state index contributed by atoms with van der Waals surface area (Å²) in [6.07, 6.45) is 0. The fourth-order valence-electron chi connectivity index (χ4n) is 2.34. The van der Waals surface area contributed by atoms with Crippen molar-refractivity contribution >= 4 is 5.69 Å². The zero-order chi connectivity index (χ0) is 15.2. The van der Waals surface area contributed by atoms with Crippen molar-refractivity contribution in [2.24, 2.45) is 5.73 Å². The Hall–Kier alpha value is -2.20. The highest BCUT2D eigenvalue weighted by Crippen LogP contribution is 2.27. The lowest BCUT2D eigenvalue weighted by Crippen LogP contribution is -2.30. The molecule has 2 aromatic rings. The SMILES string of the molecule is COc1ccc(C(CN)N(C)c2ccc(OC)cc2)cc1. The molecule has 112 valence electrons. The van der Waals surface area contributed by atoms with Crippen LogP contribution in [-0.4, -0.2) is 27.8 Å². The van der Waals surface area contributed by atoms with Crippen LogP contribution in [-0.2, 0) is 0 Å². The zero-order valence-electron chi connectivity index (χ0n) is 12.7. The molecule has 2 aromatic carbocycles. The minimum atomic E-state index is 0.115. The summed E-state index contributed by atoms with van der Waals surface area (Å²) in [7, 11) is 5.38. The van der Waals surface area contributed by atoms with Gasteiger partial charge in [-0.1, -0.05) is 12.1 Å². The van der Waals surface area contributed by atoms with Crippen LogP contribution in [0.5, 0.6) is 11.5 Å². The van der Waals surface area contributed by atoms with Crippen LogP contribution in [0.3, 0.4) is 0 Å². The van der Waals surface area contributed by atoms with Crippen LogP contribution in [0.15, 0.2) is 48.5 Å². The zero-order valence-corrected chi connectivity index (χ0v) is 12.7. The average molecular weight is 286 g/mol. The van der Waals surface area contributed by atoms with E-state index < -0.39 is 0 Å². The molecule has 4 heteroatoms. The molecule has 2 rings (SSSR count). The normalized spacial score (nSPS) is 11.8. The van der Waals surface area contributed by atoms with Gasteiger partial charge in [-0.05, 0) is 42.0 Å². The third kappa shape index (κ3) is 3.47. The van der Waals surface area contributed by atoms with E-state index in [9.17, 15) is 0 Å². The van der Waals surface area contributed by atoms with Gasteiger partial charge >= 0.3 is 0 Å². The van der Waals surface area contributed by atoms with E-state index in [1.165, 1.54) is 0 Å². The topological polar surface area (TPSA) is 47.7 Å². The van der Waals surface area contributed by atoms with Gasteiger partial charge in [0.1, 0.15) is 11.5 Å². The molecule has 1 unspecified atom stereocenters.